The Morgan fingerprint density at radius 2 is 1.59 bits per heavy atom. The first kappa shape index (κ1) is 22.1. The summed E-state index contributed by atoms with van der Waals surface area (Å²) in [4.78, 5) is 14.9. The predicted molar refractivity (Wildman–Crippen MR) is 109 cm³/mol. The summed E-state index contributed by atoms with van der Waals surface area (Å²) in [5.74, 6) is -0.0135. The summed E-state index contributed by atoms with van der Waals surface area (Å²) in [6.07, 6.45) is 4.57. The van der Waals surface area contributed by atoms with Crippen LogP contribution in [0.4, 0.5) is 0 Å². The van der Waals surface area contributed by atoms with Gasteiger partial charge in [0.1, 0.15) is 0 Å². The minimum Gasteiger partial charge on any atom is -0.338 e. The van der Waals surface area contributed by atoms with Crippen LogP contribution in [0.25, 0.3) is 0 Å². The van der Waals surface area contributed by atoms with Crippen LogP contribution >= 0.6 is 12.4 Å². The highest BCUT2D eigenvalue weighted by atomic mass is 35.5. The van der Waals surface area contributed by atoms with E-state index in [1.807, 2.05) is 19.9 Å². The lowest BCUT2D eigenvalue weighted by molar-refractivity contribution is -0.139. The highest BCUT2D eigenvalue weighted by molar-refractivity contribution is 7.89. The number of aryl methyl sites for hydroxylation is 2. The molecule has 0 radical (unpaired) electrons. The van der Waals surface area contributed by atoms with E-state index < -0.39 is 15.6 Å². The molecule has 1 aromatic rings. The van der Waals surface area contributed by atoms with Crippen molar-refractivity contribution in [1.29, 1.82) is 0 Å². The topological polar surface area (TPSA) is 83.7 Å². The molecule has 2 N–H and O–H groups in total. The van der Waals surface area contributed by atoms with E-state index in [1.165, 1.54) is 4.31 Å². The van der Waals surface area contributed by atoms with Gasteiger partial charge >= 0.3 is 0 Å². The lowest BCUT2D eigenvalue weighted by atomic mass is 9.81. The molecule has 6 nitrogen and oxygen atoms in total. The fraction of sp³-hybridized carbons (Fsp3) is 0.632. The van der Waals surface area contributed by atoms with Gasteiger partial charge in [0.25, 0.3) is 0 Å². The highest BCUT2D eigenvalue weighted by Gasteiger charge is 2.40. The number of nitrogens with zero attached hydrogens (tertiary/aromatic N) is 2. The summed E-state index contributed by atoms with van der Waals surface area (Å²) < 4.78 is 27.3. The molecule has 1 saturated carbocycles. The van der Waals surface area contributed by atoms with Crippen molar-refractivity contribution in [3.63, 3.8) is 0 Å². The Bertz CT molecular complexity index is 783. The Balaban J connectivity index is 0.00000261. The van der Waals surface area contributed by atoms with Crippen molar-refractivity contribution in [1.82, 2.24) is 9.21 Å². The molecule has 1 amide bonds. The van der Waals surface area contributed by atoms with Crippen LogP contribution in [0.1, 0.15) is 43.2 Å². The van der Waals surface area contributed by atoms with Crippen molar-refractivity contribution in [2.75, 3.05) is 26.2 Å². The molecule has 1 aromatic carbocycles. The number of benzene rings is 1. The first-order valence-corrected chi connectivity index (χ1v) is 10.8. The molecule has 2 fully saturated rings. The third-order valence-corrected chi connectivity index (χ3v) is 7.71. The summed E-state index contributed by atoms with van der Waals surface area (Å²) in [7, 11) is -3.53. The minimum absolute atomic E-state index is 0. The van der Waals surface area contributed by atoms with Crippen LogP contribution in [0.3, 0.4) is 0 Å². The minimum atomic E-state index is -3.53. The number of rotatable bonds is 3. The second kappa shape index (κ2) is 8.47. The largest absolute Gasteiger partial charge is 0.338 e. The number of sulfonamides is 1. The smallest absolute Gasteiger partial charge is 0.243 e. The van der Waals surface area contributed by atoms with Gasteiger partial charge in [0.15, 0.2) is 0 Å². The normalized spacial score (nSPS) is 20.8. The number of carbonyl (C=O) groups is 1. The maximum absolute atomic E-state index is 12.9. The number of nitrogens with two attached hydrogens (primary N) is 1. The molecular weight excluding hydrogens is 386 g/mol. The molecule has 0 spiro atoms. The maximum Gasteiger partial charge on any atom is 0.243 e. The molecule has 2 aliphatic rings. The van der Waals surface area contributed by atoms with Crippen molar-refractivity contribution in [3.8, 4) is 0 Å². The molecule has 0 unspecified atom stereocenters. The van der Waals surface area contributed by atoms with E-state index in [0.29, 0.717) is 31.1 Å². The fourth-order valence-electron chi connectivity index (χ4n) is 3.87. The summed E-state index contributed by atoms with van der Waals surface area (Å²) in [6, 6.07) is 5.22. The molecule has 1 aliphatic carbocycles. The van der Waals surface area contributed by atoms with Crippen LogP contribution in [0.15, 0.2) is 23.1 Å². The van der Waals surface area contributed by atoms with Crippen molar-refractivity contribution >= 4 is 28.3 Å². The SMILES string of the molecule is Cc1ccc(S(=O)(=O)N2CCN(C(=O)C3(N)CCCCC3)CC2)cc1C.Cl. The third-order valence-electron chi connectivity index (χ3n) is 5.81. The summed E-state index contributed by atoms with van der Waals surface area (Å²) >= 11 is 0. The standard InChI is InChI=1S/C19H29N3O3S.ClH/c1-15-6-7-17(14-16(15)2)26(24,25)22-12-10-21(11-13-22)18(23)19(20)8-4-3-5-9-19;/h6-7,14H,3-5,8-13,20H2,1-2H3;1H. The molecule has 1 saturated heterocycles. The molecule has 1 heterocycles. The number of hydrogen-bond donors (Lipinski definition) is 1. The quantitative estimate of drug-likeness (QED) is 0.820. The van der Waals surface area contributed by atoms with E-state index in [1.54, 1.807) is 17.0 Å². The molecule has 0 atom stereocenters. The first-order valence-electron chi connectivity index (χ1n) is 9.40. The fourth-order valence-corrected chi connectivity index (χ4v) is 5.37. The lowest BCUT2D eigenvalue weighted by Crippen LogP contribution is -2.60. The molecule has 0 aromatic heterocycles. The average molecular weight is 416 g/mol. The molecular formula is C19H30ClN3O3S. The Morgan fingerprint density at radius 1 is 1.00 bits per heavy atom. The maximum atomic E-state index is 12.9. The molecule has 1 aliphatic heterocycles. The van der Waals surface area contributed by atoms with Crippen LogP contribution in [0.5, 0.6) is 0 Å². The van der Waals surface area contributed by atoms with E-state index in [2.05, 4.69) is 0 Å². The van der Waals surface area contributed by atoms with Gasteiger partial charge in [0, 0.05) is 26.2 Å². The summed E-state index contributed by atoms with van der Waals surface area (Å²) in [5, 5.41) is 0. The average Bonchev–Trinajstić information content (AvgIpc) is 2.64. The number of piperazine rings is 1. The van der Waals surface area contributed by atoms with Gasteiger partial charge in [0.2, 0.25) is 15.9 Å². The van der Waals surface area contributed by atoms with Crippen LogP contribution in [-0.4, -0.2) is 55.2 Å². The van der Waals surface area contributed by atoms with Crippen LogP contribution in [-0.2, 0) is 14.8 Å². The molecule has 27 heavy (non-hydrogen) atoms. The van der Waals surface area contributed by atoms with Gasteiger partial charge in [-0.2, -0.15) is 4.31 Å². The number of hydrogen-bond acceptors (Lipinski definition) is 4. The molecule has 0 bridgehead atoms. The zero-order chi connectivity index (χ0) is 18.9. The number of carbonyl (C=O) groups excluding carboxylic acids is 1. The monoisotopic (exact) mass is 415 g/mol. The molecule has 152 valence electrons. The van der Waals surface area contributed by atoms with Crippen molar-refractivity contribution in [3.05, 3.63) is 29.3 Å². The van der Waals surface area contributed by atoms with E-state index in [0.717, 1.165) is 43.2 Å². The Hall–Kier alpha value is -1.15. The zero-order valence-electron chi connectivity index (χ0n) is 16.1. The van der Waals surface area contributed by atoms with Gasteiger partial charge in [-0.1, -0.05) is 25.3 Å². The third kappa shape index (κ3) is 4.47. The predicted octanol–water partition coefficient (Wildman–Crippen LogP) is 2.22. The van der Waals surface area contributed by atoms with E-state index >= 15 is 0 Å². The molecule has 8 heteroatoms. The van der Waals surface area contributed by atoms with Gasteiger partial charge in [-0.3, -0.25) is 4.79 Å². The van der Waals surface area contributed by atoms with Crippen molar-refractivity contribution in [2.45, 2.75) is 56.4 Å². The van der Waals surface area contributed by atoms with Gasteiger partial charge < -0.3 is 10.6 Å². The second-order valence-corrected chi connectivity index (χ2v) is 9.60. The van der Waals surface area contributed by atoms with Crippen LogP contribution in [0, 0.1) is 13.8 Å². The second-order valence-electron chi connectivity index (χ2n) is 7.66. The molecule has 3 rings (SSSR count). The number of amides is 1. The van der Waals surface area contributed by atoms with Gasteiger partial charge in [-0.15, -0.1) is 12.4 Å². The van der Waals surface area contributed by atoms with Crippen LogP contribution in [0.2, 0.25) is 0 Å². The van der Waals surface area contributed by atoms with Gasteiger partial charge in [0.05, 0.1) is 10.4 Å². The summed E-state index contributed by atoms with van der Waals surface area (Å²) in [5.41, 5.74) is 7.63. The van der Waals surface area contributed by atoms with Gasteiger partial charge in [-0.25, -0.2) is 8.42 Å². The Labute approximate surface area is 168 Å². The van der Waals surface area contributed by atoms with Crippen LogP contribution < -0.4 is 5.73 Å². The zero-order valence-corrected chi connectivity index (χ0v) is 17.7. The van der Waals surface area contributed by atoms with Crippen molar-refractivity contribution < 1.29 is 13.2 Å². The van der Waals surface area contributed by atoms with Gasteiger partial charge in [-0.05, 0) is 49.9 Å². The lowest BCUT2D eigenvalue weighted by Gasteiger charge is -2.40. The number of halogens is 1. The summed E-state index contributed by atoms with van der Waals surface area (Å²) in [6.45, 7) is 5.32. The Kier molecular flexibility index (Phi) is 6.95. The first-order chi connectivity index (χ1) is 12.2. The highest BCUT2D eigenvalue weighted by Crippen LogP contribution is 2.28. The van der Waals surface area contributed by atoms with E-state index in [-0.39, 0.29) is 18.3 Å². The Morgan fingerprint density at radius 3 is 2.15 bits per heavy atom. The van der Waals surface area contributed by atoms with E-state index in [9.17, 15) is 13.2 Å². The van der Waals surface area contributed by atoms with Crippen molar-refractivity contribution in [2.24, 2.45) is 5.73 Å². The van der Waals surface area contributed by atoms with E-state index in [4.69, 9.17) is 5.73 Å².